The molecule has 0 unspecified atom stereocenters. The first kappa shape index (κ1) is 13.5. The van der Waals surface area contributed by atoms with Crippen molar-refractivity contribution in [2.75, 3.05) is 5.32 Å². The number of fused-ring (bicyclic) bond motifs is 1. The molecule has 0 radical (unpaired) electrons. The Morgan fingerprint density at radius 1 is 1.30 bits per heavy atom. The number of hydrogen-bond acceptors (Lipinski definition) is 4. The maximum absolute atomic E-state index is 11.9. The molecule has 23 heavy (non-hydrogen) atoms. The number of nitrogens with zero attached hydrogens (tertiary/aromatic N) is 3. The van der Waals surface area contributed by atoms with E-state index in [4.69, 9.17) is 0 Å². The molecule has 2 heterocycles. The summed E-state index contributed by atoms with van der Waals surface area (Å²) < 4.78 is 0. The molecule has 0 atom stereocenters. The Hall–Kier alpha value is -3.20. The highest BCUT2D eigenvalue weighted by Crippen LogP contribution is 2.32. The van der Waals surface area contributed by atoms with Crippen LogP contribution in [-0.4, -0.2) is 21.1 Å². The predicted molar refractivity (Wildman–Crippen MR) is 85.4 cm³/mol. The minimum atomic E-state index is -0.0240. The number of anilines is 1. The number of rotatable bonds is 3. The number of carbonyl (C=O) groups is 1. The molecule has 1 aliphatic carbocycles. The zero-order chi connectivity index (χ0) is 15.8. The van der Waals surface area contributed by atoms with Crippen LogP contribution in [0, 0.1) is 17.2 Å². The van der Waals surface area contributed by atoms with E-state index in [9.17, 15) is 10.1 Å². The molecule has 1 amide bonds. The minimum absolute atomic E-state index is 0.0240. The van der Waals surface area contributed by atoms with Crippen molar-refractivity contribution >= 4 is 22.8 Å². The molecule has 0 spiro atoms. The monoisotopic (exact) mass is 303 g/mol. The molecule has 3 aromatic rings. The number of benzene rings is 1. The van der Waals surface area contributed by atoms with E-state index in [0.29, 0.717) is 28.1 Å². The third kappa shape index (κ3) is 2.42. The summed E-state index contributed by atoms with van der Waals surface area (Å²) in [5.74, 6) is 0.498. The van der Waals surface area contributed by atoms with Crippen LogP contribution in [0.1, 0.15) is 18.4 Å². The fourth-order valence-corrected chi connectivity index (χ4v) is 2.51. The van der Waals surface area contributed by atoms with Gasteiger partial charge >= 0.3 is 0 Å². The third-order valence-electron chi connectivity index (χ3n) is 3.91. The van der Waals surface area contributed by atoms with Crippen LogP contribution in [-0.2, 0) is 4.79 Å². The molecule has 2 N–H and O–H groups in total. The quantitative estimate of drug-likeness (QED) is 0.777. The third-order valence-corrected chi connectivity index (χ3v) is 3.91. The number of pyridine rings is 1. The standard InChI is InChI=1S/C17H13N5O/c18-9-12-8-13-15(19-14(12)10-4-2-1-3-5-10)21-22-16(13)20-17(23)11-6-7-11/h1-5,8,11H,6-7H2,(H2,19,20,21,22,23). The van der Waals surface area contributed by atoms with Crippen molar-refractivity contribution in [3.63, 3.8) is 0 Å². The molecular formula is C17H13N5O. The average Bonchev–Trinajstić information content (AvgIpc) is 3.38. The van der Waals surface area contributed by atoms with Gasteiger partial charge in [0.1, 0.15) is 6.07 Å². The van der Waals surface area contributed by atoms with Crippen LogP contribution in [0.5, 0.6) is 0 Å². The molecule has 1 aromatic carbocycles. The second-order valence-corrected chi connectivity index (χ2v) is 5.59. The van der Waals surface area contributed by atoms with Gasteiger partial charge < -0.3 is 5.32 Å². The SMILES string of the molecule is N#Cc1cc2c(NC(=O)C3CC3)n[nH]c2nc1-c1ccccc1. The number of aromatic nitrogens is 3. The molecule has 1 fully saturated rings. The molecule has 6 nitrogen and oxygen atoms in total. The van der Waals surface area contributed by atoms with Gasteiger partial charge in [0.25, 0.3) is 0 Å². The molecule has 2 aromatic heterocycles. The summed E-state index contributed by atoms with van der Waals surface area (Å²) in [6, 6.07) is 13.4. The lowest BCUT2D eigenvalue weighted by atomic mass is 10.1. The van der Waals surface area contributed by atoms with Crippen molar-refractivity contribution in [2.45, 2.75) is 12.8 Å². The van der Waals surface area contributed by atoms with Gasteiger partial charge in [0.2, 0.25) is 5.91 Å². The lowest BCUT2D eigenvalue weighted by molar-refractivity contribution is -0.117. The Balaban J connectivity index is 1.80. The maximum atomic E-state index is 11.9. The Kier molecular flexibility index (Phi) is 3.05. The van der Waals surface area contributed by atoms with E-state index < -0.39 is 0 Å². The number of carbonyl (C=O) groups excluding carboxylic acids is 1. The number of nitrogens with one attached hydrogen (secondary N) is 2. The van der Waals surface area contributed by atoms with Gasteiger partial charge in [-0.1, -0.05) is 30.3 Å². The second-order valence-electron chi connectivity index (χ2n) is 5.59. The highest BCUT2D eigenvalue weighted by molar-refractivity contribution is 6.01. The topological polar surface area (TPSA) is 94.5 Å². The summed E-state index contributed by atoms with van der Waals surface area (Å²) in [5.41, 5.74) is 2.47. The number of nitriles is 1. The molecule has 0 bridgehead atoms. The van der Waals surface area contributed by atoms with E-state index in [1.807, 2.05) is 30.3 Å². The molecule has 0 saturated heterocycles. The minimum Gasteiger partial charge on any atom is -0.308 e. The Bertz CT molecular complexity index is 935. The molecule has 0 aliphatic heterocycles. The van der Waals surface area contributed by atoms with Gasteiger partial charge in [0, 0.05) is 11.5 Å². The largest absolute Gasteiger partial charge is 0.308 e. The van der Waals surface area contributed by atoms with Gasteiger partial charge in [0.15, 0.2) is 11.5 Å². The first-order chi connectivity index (χ1) is 11.3. The Labute approximate surface area is 132 Å². The van der Waals surface area contributed by atoms with E-state index in [2.05, 4.69) is 26.6 Å². The fourth-order valence-electron chi connectivity index (χ4n) is 2.51. The molecule has 6 heteroatoms. The van der Waals surface area contributed by atoms with Crippen LogP contribution in [0.2, 0.25) is 0 Å². The van der Waals surface area contributed by atoms with Crippen LogP contribution < -0.4 is 5.32 Å². The van der Waals surface area contributed by atoms with Gasteiger partial charge in [-0.3, -0.25) is 9.89 Å². The Morgan fingerprint density at radius 3 is 2.78 bits per heavy atom. The fraction of sp³-hybridized carbons (Fsp3) is 0.176. The summed E-state index contributed by atoms with van der Waals surface area (Å²) in [4.78, 5) is 16.4. The maximum Gasteiger partial charge on any atom is 0.228 e. The zero-order valence-electron chi connectivity index (χ0n) is 12.2. The Morgan fingerprint density at radius 2 is 2.09 bits per heavy atom. The lowest BCUT2D eigenvalue weighted by Gasteiger charge is -2.04. The van der Waals surface area contributed by atoms with Gasteiger partial charge in [0.05, 0.1) is 16.6 Å². The second kappa shape index (κ2) is 5.21. The molecular weight excluding hydrogens is 290 g/mol. The van der Waals surface area contributed by atoms with E-state index in [1.54, 1.807) is 6.07 Å². The molecule has 1 saturated carbocycles. The van der Waals surface area contributed by atoms with E-state index in [0.717, 1.165) is 18.4 Å². The van der Waals surface area contributed by atoms with Gasteiger partial charge in [-0.05, 0) is 18.9 Å². The van der Waals surface area contributed by atoms with E-state index in [1.165, 1.54) is 0 Å². The van der Waals surface area contributed by atoms with Crippen LogP contribution >= 0.6 is 0 Å². The van der Waals surface area contributed by atoms with Crippen molar-refractivity contribution in [3.8, 4) is 17.3 Å². The van der Waals surface area contributed by atoms with Crippen molar-refractivity contribution in [1.29, 1.82) is 5.26 Å². The zero-order valence-corrected chi connectivity index (χ0v) is 12.2. The van der Waals surface area contributed by atoms with Crippen molar-refractivity contribution in [3.05, 3.63) is 42.0 Å². The highest BCUT2D eigenvalue weighted by Gasteiger charge is 2.30. The highest BCUT2D eigenvalue weighted by atomic mass is 16.2. The first-order valence-electron chi connectivity index (χ1n) is 7.42. The molecule has 1 aliphatic rings. The smallest absolute Gasteiger partial charge is 0.228 e. The summed E-state index contributed by atoms with van der Waals surface area (Å²) in [7, 11) is 0. The van der Waals surface area contributed by atoms with Gasteiger partial charge in [-0.2, -0.15) is 10.4 Å². The van der Waals surface area contributed by atoms with E-state index in [-0.39, 0.29) is 11.8 Å². The van der Waals surface area contributed by atoms with Crippen LogP contribution in [0.25, 0.3) is 22.3 Å². The number of H-pyrrole nitrogens is 1. The first-order valence-corrected chi connectivity index (χ1v) is 7.42. The predicted octanol–water partition coefficient (Wildman–Crippen LogP) is 2.85. The summed E-state index contributed by atoms with van der Waals surface area (Å²) >= 11 is 0. The van der Waals surface area contributed by atoms with Crippen molar-refractivity contribution in [2.24, 2.45) is 5.92 Å². The summed E-state index contributed by atoms with van der Waals surface area (Å²) in [6.45, 7) is 0. The van der Waals surface area contributed by atoms with E-state index >= 15 is 0 Å². The van der Waals surface area contributed by atoms with Crippen molar-refractivity contribution < 1.29 is 4.79 Å². The number of aromatic amines is 1. The van der Waals surface area contributed by atoms with Crippen LogP contribution in [0.4, 0.5) is 5.82 Å². The lowest BCUT2D eigenvalue weighted by Crippen LogP contribution is -2.13. The van der Waals surface area contributed by atoms with Crippen LogP contribution in [0.3, 0.4) is 0 Å². The normalized spacial score (nSPS) is 13.7. The average molecular weight is 303 g/mol. The van der Waals surface area contributed by atoms with Gasteiger partial charge in [-0.25, -0.2) is 4.98 Å². The number of hydrogen-bond donors (Lipinski definition) is 2. The van der Waals surface area contributed by atoms with Crippen molar-refractivity contribution in [1.82, 2.24) is 15.2 Å². The summed E-state index contributed by atoms with van der Waals surface area (Å²) in [6.07, 6.45) is 1.85. The molecule has 4 rings (SSSR count). The molecule has 112 valence electrons. The summed E-state index contributed by atoms with van der Waals surface area (Å²) in [5, 5.41) is 19.9. The number of amides is 1. The van der Waals surface area contributed by atoms with Crippen LogP contribution in [0.15, 0.2) is 36.4 Å². The van der Waals surface area contributed by atoms with Gasteiger partial charge in [-0.15, -0.1) is 0 Å².